The van der Waals surface area contributed by atoms with E-state index in [2.05, 4.69) is 17.5 Å². The first-order valence-corrected chi connectivity index (χ1v) is 4.90. The lowest BCUT2D eigenvalue weighted by atomic mass is 9.94. The van der Waals surface area contributed by atoms with Crippen LogP contribution in [-0.2, 0) is 0 Å². The highest BCUT2D eigenvalue weighted by molar-refractivity contribution is 5.10. The van der Waals surface area contributed by atoms with Crippen molar-refractivity contribution in [1.82, 2.24) is 5.32 Å². The summed E-state index contributed by atoms with van der Waals surface area (Å²) in [7, 11) is 0. The van der Waals surface area contributed by atoms with E-state index in [1.165, 1.54) is 12.8 Å². The molecule has 2 N–H and O–H groups in total. The summed E-state index contributed by atoms with van der Waals surface area (Å²) in [5, 5.41) is 11.9. The van der Waals surface area contributed by atoms with E-state index >= 15 is 0 Å². The van der Waals surface area contributed by atoms with Gasteiger partial charge < -0.3 is 10.4 Å². The zero-order valence-electron chi connectivity index (χ0n) is 7.37. The summed E-state index contributed by atoms with van der Waals surface area (Å²) >= 11 is 0. The van der Waals surface area contributed by atoms with Crippen LogP contribution in [0.15, 0.2) is 12.2 Å². The molecular formula is C10H17NO. The normalized spacial score (nSPS) is 37.9. The van der Waals surface area contributed by atoms with Gasteiger partial charge in [0.05, 0.1) is 6.61 Å². The van der Waals surface area contributed by atoms with Crippen molar-refractivity contribution in [1.29, 1.82) is 0 Å². The molecule has 0 heterocycles. The Balaban J connectivity index is 1.73. The second-order valence-electron chi connectivity index (χ2n) is 3.97. The predicted octanol–water partition coefficient (Wildman–Crippen LogP) is 0.780. The van der Waals surface area contributed by atoms with Crippen LogP contribution in [0, 0.1) is 17.8 Å². The van der Waals surface area contributed by atoms with Gasteiger partial charge in [-0.1, -0.05) is 12.2 Å². The molecular weight excluding hydrogens is 150 g/mol. The maximum absolute atomic E-state index is 8.60. The van der Waals surface area contributed by atoms with E-state index in [1.54, 1.807) is 0 Å². The maximum Gasteiger partial charge on any atom is 0.0555 e. The summed E-state index contributed by atoms with van der Waals surface area (Å²) in [5.41, 5.74) is 0. The molecule has 68 valence electrons. The molecule has 2 bridgehead atoms. The number of allylic oxidation sites excluding steroid dienone is 2. The van der Waals surface area contributed by atoms with Gasteiger partial charge in [0.15, 0.2) is 0 Å². The third-order valence-electron chi connectivity index (χ3n) is 3.11. The lowest BCUT2D eigenvalue weighted by Gasteiger charge is -2.17. The molecule has 2 rings (SSSR count). The molecule has 0 aliphatic heterocycles. The van der Waals surface area contributed by atoms with Crippen LogP contribution >= 0.6 is 0 Å². The molecule has 2 nitrogen and oxygen atoms in total. The molecule has 1 saturated carbocycles. The van der Waals surface area contributed by atoms with Crippen molar-refractivity contribution in [3.05, 3.63) is 12.2 Å². The number of hydrogen-bond donors (Lipinski definition) is 2. The molecule has 0 unspecified atom stereocenters. The minimum absolute atomic E-state index is 0.261. The van der Waals surface area contributed by atoms with Crippen LogP contribution in [0.3, 0.4) is 0 Å². The Bertz CT molecular complexity index is 179. The van der Waals surface area contributed by atoms with Crippen LogP contribution in [-0.4, -0.2) is 24.8 Å². The Kier molecular flexibility index (Phi) is 2.47. The van der Waals surface area contributed by atoms with Gasteiger partial charge in [-0.3, -0.25) is 0 Å². The standard InChI is InChI=1S/C10H17NO/c12-4-3-11-7-10-6-8-1-2-9(10)5-8/h1-2,8-12H,3-7H2/t8-,9-,10+/m0/s1. The minimum atomic E-state index is 0.261. The number of aliphatic hydroxyl groups excluding tert-OH is 1. The summed E-state index contributed by atoms with van der Waals surface area (Å²) in [6.07, 6.45) is 7.48. The van der Waals surface area contributed by atoms with Gasteiger partial charge in [0, 0.05) is 6.54 Å². The number of nitrogens with one attached hydrogen (secondary N) is 1. The molecule has 2 heteroatoms. The number of hydrogen-bond acceptors (Lipinski definition) is 2. The van der Waals surface area contributed by atoms with E-state index in [0.717, 1.165) is 30.8 Å². The Labute approximate surface area is 73.7 Å². The Morgan fingerprint density at radius 1 is 1.33 bits per heavy atom. The molecule has 0 aromatic carbocycles. The molecule has 2 aliphatic rings. The fraction of sp³-hybridized carbons (Fsp3) is 0.800. The lowest BCUT2D eigenvalue weighted by Crippen LogP contribution is -2.27. The third kappa shape index (κ3) is 1.54. The SMILES string of the molecule is OCCNC[C@H]1C[C@H]2C=C[C@H]1C2. The molecule has 0 aromatic rings. The van der Waals surface area contributed by atoms with Gasteiger partial charge >= 0.3 is 0 Å². The van der Waals surface area contributed by atoms with Crippen LogP contribution in [0.1, 0.15) is 12.8 Å². The summed E-state index contributed by atoms with van der Waals surface area (Å²) < 4.78 is 0. The topological polar surface area (TPSA) is 32.3 Å². The minimum Gasteiger partial charge on any atom is -0.395 e. The molecule has 0 radical (unpaired) electrons. The van der Waals surface area contributed by atoms with E-state index in [1.807, 2.05) is 0 Å². The van der Waals surface area contributed by atoms with Crippen molar-refractivity contribution >= 4 is 0 Å². The van der Waals surface area contributed by atoms with Crippen LogP contribution < -0.4 is 5.32 Å². The van der Waals surface area contributed by atoms with Gasteiger partial charge in [0.2, 0.25) is 0 Å². The average molecular weight is 167 g/mol. The zero-order chi connectivity index (χ0) is 8.39. The lowest BCUT2D eigenvalue weighted by molar-refractivity contribution is 0.284. The maximum atomic E-state index is 8.60. The molecule has 0 aromatic heterocycles. The largest absolute Gasteiger partial charge is 0.395 e. The van der Waals surface area contributed by atoms with Crippen molar-refractivity contribution in [3.8, 4) is 0 Å². The molecule has 0 amide bonds. The van der Waals surface area contributed by atoms with Gasteiger partial charge in [-0.15, -0.1) is 0 Å². The quantitative estimate of drug-likeness (QED) is 0.479. The van der Waals surface area contributed by atoms with Crippen LogP contribution in [0.4, 0.5) is 0 Å². The summed E-state index contributed by atoms with van der Waals surface area (Å²) in [4.78, 5) is 0. The number of fused-ring (bicyclic) bond motifs is 2. The first-order valence-electron chi connectivity index (χ1n) is 4.90. The fourth-order valence-electron chi connectivity index (χ4n) is 2.50. The smallest absolute Gasteiger partial charge is 0.0555 e. The van der Waals surface area contributed by atoms with Gasteiger partial charge in [0.25, 0.3) is 0 Å². The number of aliphatic hydroxyl groups is 1. The fourth-order valence-corrected chi connectivity index (χ4v) is 2.50. The second-order valence-corrected chi connectivity index (χ2v) is 3.97. The van der Waals surface area contributed by atoms with Crippen LogP contribution in [0.5, 0.6) is 0 Å². The zero-order valence-corrected chi connectivity index (χ0v) is 7.37. The number of rotatable bonds is 4. The predicted molar refractivity (Wildman–Crippen MR) is 48.8 cm³/mol. The van der Waals surface area contributed by atoms with Crippen molar-refractivity contribution in [2.75, 3.05) is 19.7 Å². The highest BCUT2D eigenvalue weighted by Gasteiger charge is 2.34. The monoisotopic (exact) mass is 167 g/mol. The van der Waals surface area contributed by atoms with E-state index in [9.17, 15) is 0 Å². The van der Waals surface area contributed by atoms with Crippen LogP contribution in [0.2, 0.25) is 0 Å². The second kappa shape index (κ2) is 3.58. The van der Waals surface area contributed by atoms with Gasteiger partial charge in [-0.05, 0) is 37.1 Å². The first-order chi connectivity index (χ1) is 5.90. The Morgan fingerprint density at radius 3 is 2.83 bits per heavy atom. The van der Waals surface area contributed by atoms with E-state index in [4.69, 9.17) is 5.11 Å². The van der Waals surface area contributed by atoms with Gasteiger partial charge in [-0.25, -0.2) is 0 Å². The Hall–Kier alpha value is -0.340. The summed E-state index contributed by atoms with van der Waals surface area (Å²) in [6.45, 7) is 2.10. The third-order valence-corrected chi connectivity index (χ3v) is 3.11. The van der Waals surface area contributed by atoms with Crippen molar-refractivity contribution in [3.63, 3.8) is 0 Å². The van der Waals surface area contributed by atoms with E-state index < -0.39 is 0 Å². The van der Waals surface area contributed by atoms with Crippen molar-refractivity contribution < 1.29 is 5.11 Å². The van der Waals surface area contributed by atoms with E-state index in [-0.39, 0.29) is 6.61 Å². The average Bonchev–Trinajstić information content (AvgIpc) is 2.65. The van der Waals surface area contributed by atoms with Crippen LogP contribution in [0.25, 0.3) is 0 Å². The molecule has 12 heavy (non-hydrogen) atoms. The molecule has 0 saturated heterocycles. The first kappa shape index (κ1) is 8.27. The van der Waals surface area contributed by atoms with E-state index in [0.29, 0.717) is 0 Å². The highest BCUT2D eigenvalue weighted by atomic mass is 16.3. The van der Waals surface area contributed by atoms with Crippen molar-refractivity contribution in [2.24, 2.45) is 17.8 Å². The summed E-state index contributed by atoms with van der Waals surface area (Å²) in [6, 6.07) is 0. The van der Waals surface area contributed by atoms with Gasteiger partial charge in [0.1, 0.15) is 0 Å². The molecule has 0 spiro atoms. The molecule has 1 fully saturated rings. The highest BCUT2D eigenvalue weighted by Crippen LogP contribution is 2.42. The van der Waals surface area contributed by atoms with Gasteiger partial charge in [-0.2, -0.15) is 0 Å². The summed E-state index contributed by atoms with van der Waals surface area (Å²) in [5.74, 6) is 2.55. The molecule has 3 atom stereocenters. The van der Waals surface area contributed by atoms with Crippen molar-refractivity contribution in [2.45, 2.75) is 12.8 Å². The molecule has 2 aliphatic carbocycles. The Morgan fingerprint density at radius 2 is 2.25 bits per heavy atom.